The number of nitrogens with two attached hydrogens (primary N) is 1. The lowest BCUT2D eigenvalue weighted by Gasteiger charge is -2.08. The third-order valence-corrected chi connectivity index (χ3v) is 3.76. The van der Waals surface area contributed by atoms with Crippen LogP contribution >= 0.6 is 11.3 Å². The van der Waals surface area contributed by atoms with Gasteiger partial charge in [0.15, 0.2) is 0 Å². The maximum absolute atomic E-state index is 13.0. The molecule has 1 aromatic heterocycles. The second-order valence-corrected chi connectivity index (χ2v) is 5.21. The molecular formula is C15H15FN2O3S. The highest BCUT2D eigenvalue weighted by Gasteiger charge is 2.22. The van der Waals surface area contributed by atoms with E-state index in [1.54, 1.807) is 24.4 Å². The molecule has 116 valence electrons. The lowest BCUT2D eigenvalue weighted by atomic mass is 10.0. The lowest BCUT2D eigenvalue weighted by Crippen LogP contribution is -2.22. The molecule has 0 aliphatic rings. The Morgan fingerprint density at radius 1 is 1.32 bits per heavy atom. The Morgan fingerprint density at radius 3 is 2.59 bits per heavy atom. The number of rotatable bonds is 5. The van der Waals surface area contributed by atoms with Crippen LogP contribution in [0, 0.1) is 5.82 Å². The highest BCUT2D eigenvalue weighted by Crippen LogP contribution is 2.36. The molecule has 22 heavy (non-hydrogen) atoms. The number of carbonyl (C=O) groups is 2. The van der Waals surface area contributed by atoms with Crippen LogP contribution in [0.25, 0.3) is 11.1 Å². The number of hydrogen-bond donors (Lipinski definition) is 2. The van der Waals surface area contributed by atoms with Gasteiger partial charge in [-0.2, -0.15) is 0 Å². The zero-order valence-electron chi connectivity index (χ0n) is 11.9. The Hall–Kier alpha value is -2.25. The zero-order valence-corrected chi connectivity index (χ0v) is 12.7. The van der Waals surface area contributed by atoms with Crippen LogP contribution in [0.15, 0.2) is 29.6 Å². The van der Waals surface area contributed by atoms with E-state index in [1.807, 2.05) is 0 Å². The van der Waals surface area contributed by atoms with Crippen molar-refractivity contribution in [2.24, 2.45) is 5.73 Å². The molecule has 2 aromatic rings. The van der Waals surface area contributed by atoms with Gasteiger partial charge in [-0.05, 0) is 24.6 Å². The van der Waals surface area contributed by atoms with Crippen LogP contribution in [0.5, 0.6) is 0 Å². The summed E-state index contributed by atoms with van der Waals surface area (Å²) < 4.78 is 18.1. The van der Waals surface area contributed by atoms with Gasteiger partial charge in [0.1, 0.15) is 16.4 Å². The van der Waals surface area contributed by atoms with Crippen LogP contribution in [-0.2, 0) is 9.53 Å². The average Bonchev–Trinajstić information content (AvgIpc) is 2.91. The van der Waals surface area contributed by atoms with E-state index in [0.717, 1.165) is 0 Å². The van der Waals surface area contributed by atoms with Gasteiger partial charge in [-0.15, -0.1) is 11.3 Å². The largest absolute Gasteiger partial charge is 0.462 e. The molecule has 0 spiro atoms. The van der Waals surface area contributed by atoms with Crippen molar-refractivity contribution < 1.29 is 18.7 Å². The maximum Gasteiger partial charge on any atom is 0.341 e. The number of amides is 1. The summed E-state index contributed by atoms with van der Waals surface area (Å²) in [6.07, 6.45) is 0. The third kappa shape index (κ3) is 3.49. The summed E-state index contributed by atoms with van der Waals surface area (Å²) in [5, 5.41) is 4.66. The Labute approximate surface area is 130 Å². The second-order valence-electron chi connectivity index (χ2n) is 4.33. The van der Waals surface area contributed by atoms with E-state index in [9.17, 15) is 14.0 Å². The monoisotopic (exact) mass is 322 g/mol. The fraction of sp³-hybridized carbons (Fsp3) is 0.200. The summed E-state index contributed by atoms with van der Waals surface area (Å²) in [6, 6.07) is 5.74. The van der Waals surface area contributed by atoms with Crippen molar-refractivity contribution in [2.75, 3.05) is 18.5 Å². The van der Waals surface area contributed by atoms with Crippen LogP contribution in [0.4, 0.5) is 9.39 Å². The van der Waals surface area contributed by atoms with E-state index in [2.05, 4.69) is 5.32 Å². The molecule has 0 fully saturated rings. The van der Waals surface area contributed by atoms with E-state index in [4.69, 9.17) is 10.5 Å². The summed E-state index contributed by atoms with van der Waals surface area (Å²) in [5.41, 5.74) is 6.76. The number of carbonyl (C=O) groups excluding carboxylic acids is 2. The molecule has 1 aromatic carbocycles. The van der Waals surface area contributed by atoms with Crippen molar-refractivity contribution in [3.05, 3.63) is 41.0 Å². The minimum absolute atomic E-state index is 0.188. The summed E-state index contributed by atoms with van der Waals surface area (Å²) in [6.45, 7) is 1.72. The predicted molar refractivity (Wildman–Crippen MR) is 83.4 cm³/mol. The van der Waals surface area contributed by atoms with Gasteiger partial charge in [-0.25, -0.2) is 9.18 Å². The van der Waals surface area contributed by atoms with E-state index in [1.165, 1.54) is 23.5 Å². The first-order chi connectivity index (χ1) is 10.6. The number of anilines is 1. The van der Waals surface area contributed by atoms with Crippen molar-refractivity contribution in [2.45, 2.75) is 6.92 Å². The Bertz CT molecular complexity index is 683. The Kier molecular flexibility index (Phi) is 5.24. The van der Waals surface area contributed by atoms with Gasteiger partial charge in [0.25, 0.3) is 0 Å². The molecule has 0 saturated heterocycles. The summed E-state index contributed by atoms with van der Waals surface area (Å²) >= 11 is 1.19. The average molecular weight is 322 g/mol. The number of esters is 1. The number of benzene rings is 1. The van der Waals surface area contributed by atoms with Gasteiger partial charge in [0.2, 0.25) is 5.91 Å². The molecule has 0 radical (unpaired) electrons. The SMILES string of the molecule is CCOC(=O)c1c(-c2ccc(F)cc2)csc1NC(=O)CN. The molecule has 0 bridgehead atoms. The quantitative estimate of drug-likeness (QED) is 0.829. The normalized spacial score (nSPS) is 10.3. The van der Waals surface area contributed by atoms with Gasteiger partial charge in [-0.1, -0.05) is 12.1 Å². The van der Waals surface area contributed by atoms with Gasteiger partial charge in [0, 0.05) is 10.9 Å². The standard InChI is InChI=1S/C15H15FN2O3S/c1-2-21-15(20)13-11(9-3-5-10(16)6-4-9)8-22-14(13)18-12(19)7-17/h3-6,8H,2,7,17H2,1H3,(H,18,19). The predicted octanol–water partition coefficient (Wildman–Crippen LogP) is 2.63. The lowest BCUT2D eigenvalue weighted by molar-refractivity contribution is -0.114. The van der Waals surface area contributed by atoms with Crippen LogP contribution in [0.1, 0.15) is 17.3 Å². The van der Waals surface area contributed by atoms with E-state index in [-0.39, 0.29) is 24.5 Å². The first kappa shape index (κ1) is 16.1. The molecule has 1 heterocycles. The molecule has 7 heteroatoms. The molecule has 0 unspecified atom stereocenters. The van der Waals surface area contributed by atoms with Crippen LogP contribution in [-0.4, -0.2) is 25.0 Å². The van der Waals surface area contributed by atoms with Crippen LogP contribution < -0.4 is 11.1 Å². The van der Waals surface area contributed by atoms with E-state index < -0.39 is 11.9 Å². The van der Waals surface area contributed by atoms with Crippen molar-refractivity contribution in [1.29, 1.82) is 0 Å². The van der Waals surface area contributed by atoms with Gasteiger partial charge >= 0.3 is 5.97 Å². The highest BCUT2D eigenvalue weighted by atomic mass is 32.1. The fourth-order valence-electron chi connectivity index (χ4n) is 1.88. The van der Waals surface area contributed by atoms with Crippen molar-refractivity contribution in [3.63, 3.8) is 0 Å². The van der Waals surface area contributed by atoms with E-state index >= 15 is 0 Å². The first-order valence-corrected chi connectivity index (χ1v) is 7.49. The summed E-state index contributed by atoms with van der Waals surface area (Å²) in [4.78, 5) is 23.7. The molecule has 1 amide bonds. The second kappa shape index (κ2) is 7.15. The maximum atomic E-state index is 13.0. The number of halogens is 1. The fourth-order valence-corrected chi connectivity index (χ4v) is 2.85. The minimum atomic E-state index is -0.546. The van der Waals surface area contributed by atoms with Crippen molar-refractivity contribution in [1.82, 2.24) is 0 Å². The van der Waals surface area contributed by atoms with Gasteiger partial charge in [-0.3, -0.25) is 4.79 Å². The minimum Gasteiger partial charge on any atom is -0.462 e. The molecule has 0 atom stereocenters. The van der Waals surface area contributed by atoms with E-state index in [0.29, 0.717) is 16.1 Å². The number of hydrogen-bond acceptors (Lipinski definition) is 5. The first-order valence-electron chi connectivity index (χ1n) is 6.61. The van der Waals surface area contributed by atoms with Crippen molar-refractivity contribution in [3.8, 4) is 11.1 Å². The highest BCUT2D eigenvalue weighted by molar-refractivity contribution is 7.15. The topological polar surface area (TPSA) is 81.4 Å². The molecule has 3 N–H and O–H groups in total. The Balaban J connectivity index is 2.47. The number of nitrogens with one attached hydrogen (secondary N) is 1. The summed E-state index contributed by atoms with van der Waals surface area (Å²) in [5.74, 6) is -1.32. The molecule has 0 saturated carbocycles. The molecular weight excluding hydrogens is 307 g/mol. The number of thiophene rings is 1. The van der Waals surface area contributed by atoms with Gasteiger partial charge in [0.05, 0.1) is 13.2 Å². The zero-order chi connectivity index (χ0) is 16.1. The molecule has 2 rings (SSSR count). The number of ether oxygens (including phenoxy) is 1. The van der Waals surface area contributed by atoms with Gasteiger partial charge < -0.3 is 15.8 Å². The van der Waals surface area contributed by atoms with Crippen LogP contribution in [0.3, 0.4) is 0 Å². The molecule has 0 aliphatic heterocycles. The third-order valence-electron chi connectivity index (χ3n) is 2.86. The van der Waals surface area contributed by atoms with Crippen LogP contribution in [0.2, 0.25) is 0 Å². The smallest absolute Gasteiger partial charge is 0.341 e. The molecule has 5 nitrogen and oxygen atoms in total. The summed E-state index contributed by atoms with van der Waals surface area (Å²) in [7, 11) is 0. The van der Waals surface area contributed by atoms with Crippen molar-refractivity contribution >= 4 is 28.2 Å². The molecule has 0 aliphatic carbocycles. The Morgan fingerprint density at radius 2 is 2.00 bits per heavy atom.